The first-order chi connectivity index (χ1) is 21.1. The molecule has 1 unspecified atom stereocenters. The van der Waals surface area contributed by atoms with Crippen molar-refractivity contribution >= 4 is 17.8 Å². The Balaban J connectivity index is 1.49. The van der Waals surface area contributed by atoms with Gasteiger partial charge in [0.25, 0.3) is 0 Å². The van der Waals surface area contributed by atoms with E-state index in [1.165, 1.54) is 7.11 Å². The molecular weight excluding hydrogens is 562 g/mol. The van der Waals surface area contributed by atoms with E-state index in [0.29, 0.717) is 30.1 Å². The maximum absolute atomic E-state index is 12.6. The summed E-state index contributed by atoms with van der Waals surface area (Å²) in [6.07, 6.45) is 9.11. The lowest BCUT2D eigenvalue weighted by atomic mass is 9.79. The lowest BCUT2D eigenvalue weighted by molar-refractivity contribution is -0.140. The zero-order valence-electron chi connectivity index (χ0n) is 26.5. The molecule has 1 atom stereocenters. The summed E-state index contributed by atoms with van der Waals surface area (Å²) < 4.78 is 27.5. The van der Waals surface area contributed by atoms with Crippen LogP contribution >= 0.6 is 0 Å². The fourth-order valence-corrected chi connectivity index (χ4v) is 4.65. The van der Waals surface area contributed by atoms with Crippen molar-refractivity contribution in [3.63, 3.8) is 0 Å². The molecule has 1 N–H and O–H groups in total. The van der Waals surface area contributed by atoms with Gasteiger partial charge in [0.2, 0.25) is 5.91 Å². The Kier molecular flexibility index (Phi) is 13.3. The normalized spacial score (nSPS) is 15.7. The van der Waals surface area contributed by atoms with Crippen molar-refractivity contribution in [2.75, 3.05) is 26.9 Å². The number of benzene rings is 2. The second kappa shape index (κ2) is 17.1. The summed E-state index contributed by atoms with van der Waals surface area (Å²) in [5.74, 6) is 1.08. The molecule has 0 bridgehead atoms. The smallest absolute Gasteiger partial charge is 0.338 e. The first-order valence-corrected chi connectivity index (χ1v) is 15.1. The van der Waals surface area contributed by atoms with Gasteiger partial charge in [-0.2, -0.15) is 0 Å². The number of rotatable bonds is 17. The molecule has 0 fully saturated rings. The Morgan fingerprint density at radius 1 is 1.05 bits per heavy atom. The van der Waals surface area contributed by atoms with Gasteiger partial charge in [-0.05, 0) is 93.5 Å². The number of esters is 2. The van der Waals surface area contributed by atoms with Crippen LogP contribution in [-0.2, 0) is 36.8 Å². The Bertz CT molecular complexity index is 1310. The molecule has 0 heterocycles. The highest BCUT2D eigenvalue weighted by Gasteiger charge is 2.23. The summed E-state index contributed by atoms with van der Waals surface area (Å²) >= 11 is 0. The third-order valence-electron chi connectivity index (χ3n) is 7.07. The zero-order valence-corrected chi connectivity index (χ0v) is 26.5. The predicted octanol–water partition coefficient (Wildman–Crippen LogP) is 6.10. The van der Waals surface area contributed by atoms with E-state index < -0.39 is 11.9 Å². The highest BCUT2D eigenvalue weighted by atomic mass is 16.5. The van der Waals surface area contributed by atoms with Gasteiger partial charge >= 0.3 is 11.9 Å². The third kappa shape index (κ3) is 11.4. The molecule has 238 valence electrons. The van der Waals surface area contributed by atoms with Gasteiger partial charge in [-0.25, -0.2) is 4.79 Å². The van der Waals surface area contributed by atoms with E-state index in [9.17, 15) is 14.4 Å². The molecule has 3 rings (SSSR count). The van der Waals surface area contributed by atoms with E-state index in [-0.39, 0.29) is 43.4 Å². The van der Waals surface area contributed by atoms with E-state index >= 15 is 0 Å². The molecular formula is C35H45NO8. The molecule has 9 nitrogen and oxygen atoms in total. The second-order valence-corrected chi connectivity index (χ2v) is 11.2. The minimum absolute atomic E-state index is 0.00631. The summed E-state index contributed by atoms with van der Waals surface area (Å²) in [5.41, 5.74) is 1.97. The summed E-state index contributed by atoms with van der Waals surface area (Å²) in [5, 5.41) is 2.70. The van der Waals surface area contributed by atoms with Gasteiger partial charge in [0.1, 0.15) is 23.9 Å². The average Bonchev–Trinajstić information content (AvgIpc) is 3.00. The van der Waals surface area contributed by atoms with Crippen molar-refractivity contribution in [1.82, 2.24) is 5.32 Å². The van der Waals surface area contributed by atoms with Gasteiger partial charge in [0.15, 0.2) is 0 Å². The van der Waals surface area contributed by atoms with E-state index in [4.69, 9.17) is 18.9 Å². The van der Waals surface area contributed by atoms with Crippen LogP contribution in [0, 0.1) is 5.41 Å². The van der Waals surface area contributed by atoms with Crippen LogP contribution in [0.3, 0.4) is 0 Å². The van der Waals surface area contributed by atoms with E-state index in [1.54, 1.807) is 25.1 Å². The van der Waals surface area contributed by atoms with E-state index in [2.05, 4.69) is 29.1 Å². The fraction of sp³-hybridized carbons (Fsp3) is 0.457. The van der Waals surface area contributed by atoms with Crippen LogP contribution in [0.1, 0.15) is 74.9 Å². The van der Waals surface area contributed by atoms with E-state index in [1.807, 2.05) is 44.2 Å². The SMILES string of the molecule is CCOC(=O)c1ccc(OCCCC2(C)C=CC(OCc3ccc(OC(C)C)cc3)=CC2)c(CC(=O)NCCC(=O)OC)c1. The molecule has 0 radical (unpaired) electrons. The molecule has 0 aromatic heterocycles. The topological polar surface area (TPSA) is 109 Å². The van der Waals surface area contributed by atoms with Crippen LogP contribution in [0.4, 0.5) is 0 Å². The molecule has 9 heteroatoms. The summed E-state index contributed by atoms with van der Waals surface area (Å²) in [7, 11) is 1.30. The number of nitrogens with one attached hydrogen (secondary N) is 1. The second-order valence-electron chi connectivity index (χ2n) is 11.2. The quantitative estimate of drug-likeness (QED) is 0.170. The standard InChI is InChI=1S/C35H45NO8/c1-6-41-34(39)27-10-13-31(28(22-27)23-32(37)36-20-16-33(38)40-5)42-21-7-17-35(4)18-14-29(15-19-35)43-24-26-8-11-30(12-9-26)44-25(2)3/h8-15,18,22,25H,6-7,16-17,19-21,23-24H2,1-5H3,(H,36,37). The zero-order chi connectivity index (χ0) is 32.0. The first-order valence-electron chi connectivity index (χ1n) is 15.1. The number of ether oxygens (including phenoxy) is 5. The third-order valence-corrected chi connectivity index (χ3v) is 7.07. The minimum atomic E-state index is -0.464. The van der Waals surface area contributed by atoms with Crippen molar-refractivity contribution < 1.29 is 38.1 Å². The van der Waals surface area contributed by atoms with Crippen molar-refractivity contribution in [3.05, 3.63) is 83.1 Å². The van der Waals surface area contributed by atoms with Gasteiger partial charge in [0.05, 0.1) is 44.8 Å². The number of carbonyl (C=O) groups excluding carboxylic acids is 3. The molecule has 44 heavy (non-hydrogen) atoms. The van der Waals surface area contributed by atoms with Crippen molar-refractivity contribution in [3.8, 4) is 11.5 Å². The molecule has 0 aliphatic heterocycles. The molecule has 0 saturated carbocycles. The average molecular weight is 608 g/mol. The van der Waals surface area contributed by atoms with Crippen LogP contribution < -0.4 is 14.8 Å². The number of hydrogen-bond donors (Lipinski definition) is 1. The summed E-state index contributed by atoms with van der Waals surface area (Å²) in [6.45, 7) is 9.30. The van der Waals surface area contributed by atoms with Crippen molar-refractivity contribution in [2.24, 2.45) is 5.41 Å². The van der Waals surface area contributed by atoms with Crippen LogP contribution in [-0.4, -0.2) is 50.8 Å². The maximum Gasteiger partial charge on any atom is 0.338 e. The number of amides is 1. The molecule has 1 amide bonds. The molecule has 1 aliphatic carbocycles. The van der Waals surface area contributed by atoms with Crippen molar-refractivity contribution in [2.45, 2.75) is 72.5 Å². The summed E-state index contributed by atoms with van der Waals surface area (Å²) in [6, 6.07) is 12.9. The number of allylic oxidation sites excluding steroid dienone is 3. The molecule has 1 aliphatic rings. The van der Waals surface area contributed by atoms with Gasteiger partial charge in [-0.15, -0.1) is 0 Å². The lowest BCUT2D eigenvalue weighted by Gasteiger charge is -2.28. The number of hydrogen-bond acceptors (Lipinski definition) is 8. The fourth-order valence-electron chi connectivity index (χ4n) is 4.65. The predicted molar refractivity (Wildman–Crippen MR) is 167 cm³/mol. The molecule has 2 aromatic carbocycles. The Hall–Kier alpha value is -4.27. The Morgan fingerprint density at radius 2 is 1.82 bits per heavy atom. The molecule has 0 spiro atoms. The number of methoxy groups -OCH3 is 1. The van der Waals surface area contributed by atoms with Crippen LogP contribution in [0.5, 0.6) is 11.5 Å². The minimum Gasteiger partial charge on any atom is -0.493 e. The lowest BCUT2D eigenvalue weighted by Crippen LogP contribution is -2.28. The molecule has 2 aromatic rings. The maximum atomic E-state index is 12.6. The Labute approximate surface area is 260 Å². The highest BCUT2D eigenvalue weighted by molar-refractivity contribution is 5.90. The van der Waals surface area contributed by atoms with Gasteiger partial charge in [0, 0.05) is 12.1 Å². The van der Waals surface area contributed by atoms with Crippen LogP contribution in [0.25, 0.3) is 0 Å². The summed E-state index contributed by atoms with van der Waals surface area (Å²) in [4.78, 5) is 36.2. The van der Waals surface area contributed by atoms with Crippen LogP contribution in [0.15, 0.2) is 66.5 Å². The Morgan fingerprint density at radius 3 is 2.48 bits per heavy atom. The van der Waals surface area contributed by atoms with Crippen LogP contribution in [0.2, 0.25) is 0 Å². The van der Waals surface area contributed by atoms with E-state index in [0.717, 1.165) is 36.3 Å². The first kappa shape index (κ1) is 34.2. The van der Waals surface area contributed by atoms with Gasteiger partial charge in [-0.3, -0.25) is 9.59 Å². The highest BCUT2D eigenvalue weighted by Crippen LogP contribution is 2.35. The molecule has 0 saturated heterocycles. The van der Waals surface area contributed by atoms with Crippen molar-refractivity contribution in [1.29, 1.82) is 0 Å². The van der Waals surface area contributed by atoms with Gasteiger partial charge in [-0.1, -0.05) is 25.1 Å². The number of carbonyl (C=O) groups is 3. The van der Waals surface area contributed by atoms with Gasteiger partial charge < -0.3 is 29.0 Å². The monoisotopic (exact) mass is 607 g/mol. The largest absolute Gasteiger partial charge is 0.493 e.